The lowest BCUT2D eigenvalue weighted by molar-refractivity contribution is 0.193. The van der Waals surface area contributed by atoms with Gasteiger partial charge in [-0.05, 0) is 25.7 Å². The average Bonchev–Trinajstić information content (AvgIpc) is 2.87. The maximum Gasteiger partial charge on any atom is 0.0680 e. The molecular weight excluding hydrogens is 202 g/mol. The molecule has 2 saturated heterocycles. The number of nitrogens with one attached hydrogen (secondary N) is 2. The van der Waals surface area contributed by atoms with Gasteiger partial charge in [0.25, 0.3) is 0 Å². The number of aliphatic hydroxyl groups excluding tert-OH is 1. The SMILES string of the molecule is OC1CNC(CNC2CCN(C3CC3)C2)C1. The van der Waals surface area contributed by atoms with Gasteiger partial charge < -0.3 is 15.7 Å². The van der Waals surface area contributed by atoms with Gasteiger partial charge in [-0.1, -0.05) is 0 Å². The molecule has 16 heavy (non-hydrogen) atoms. The molecule has 3 N–H and O–H groups in total. The lowest BCUT2D eigenvalue weighted by Crippen LogP contribution is -2.41. The standard InChI is InChI=1S/C12H23N3O/c16-12-5-10(14-7-12)6-13-9-3-4-15(8-9)11-1-2-11/h9-14,16H,1-8H2. The van der Waals surface area contributed by atoms with Crippen LogP contribution in [0.4, 0.5) is 0 Å². The van der Waals surface area contributed by atoms with Gasteiger partial charge in [-0.3, -0.25) is 4.90 Å². The van der Waals surface area contributed by atoms with Crippen LogP contribution in [-0.4, -0.2) is 60.4 Å². The van der Waals surface area contributed by atoms with Crippen LogP contribution >= 0.6 is 0 Å². The summed E-state index contributed by atoms with van der Waals surface area (Å²) in [6, 6.07) is 2.07. The molecule has 0 spiro atoms. The largest absolute Gasteiger partial charge is 0.392 e. The highest BCUT2D eigenvalue weighted by Gasteiger charge is 2.34. The minimum absolute atomic E-state index is 0.127. The van der Waals surface area contributed by atoms with Crippen molar-refractivity contribution in [2.45, 2.75) is 49.9 Å². The fourth-order valence-corrected chi connectivity index (χ4v) is 2.99. The summed E-state index contributed by atoms with van der Waals surface area (Å²) in [7, 11) is 0. The molecule has 3 fully saturated rings. The summed E-state index contributed by atoms with van der Waals surface area (Å²) >= 11 is 0. The van der Waals surface area contributed by atoms with Crippen LogP contribution in [-0.2, 0) is 0 Å². The first-order valence-electron chi connectivity index (χ1n) is 6.70. The molecule has 92 valence electrons. The minimum atomic E-state index is -0.127. The maximum absolute atomic E-state index is 9.42. The first kappa shape index (κ1) is 11.0. The first-order chi connectivity index (χ1) is 7.81. The molecular formula is C12H23N3O. The van der Waals surface area contributed by atoms with E-state index in [0.717, 1.165) is 25.6 Å². The Morgan fingerprint density at radius 3 is 2.88 bits per heavy atom. The molecule has 0 aromatic heterocycles. The highest BCUT2D eigenvalue weighted by atomic mass is 16.3. The van der Waals surface area contributed by atoms with Gasteiger partial charge in [0.1, 0.15) is 0 Å². The second kappa shape index (κ2) is 4.61. The third-order valence-corrected chi connectivity index (χ3v) is 4.13. The first-order valence-corrected chi connectivity index (χ1v) is 6.70. The van der Waals surface area contributed by atoms with E-state index in [0.29, 0.717) is 12.1 Å². The zero-order valence-corrected chi connectivity index (χ0v) is 9.86. The van der Waals surface area contributed by atoms with Crippen LogP contribution in [0.25, 0.3) is 0 Å². The summed E-state index contributed by atoms with van der Waals surface area (Å²) < 4.78 is 0. The molecule has 0 radical (unpaired) electrons. The molecule has 3 unspecified atom stereocenters. The van der Waals surface area contributed by atoms with Crippen LogP contribution < -0.4 is 10.6 Å². The summed E-state index contributed by atoms with van der Waals surface area (Å²) in [6.45, 7) is 4.30. The highest BCUT2D eigenvalue weighted by molar-refractivity contribution is 4.93. The number of likely N-dealkylation sites (tertiary alicyclic amines) is 1. The van der Waals surface area contributed by atoms with Crippen molar-refractivity contribution in [1.82, 2.24) is 15.5 Å². The fourth-order valence-electron chi connectivity index (χ4n) is 2.99. The van der Waals surface area contributed by atoms with Gasteiger partial charge in [-0.15, -0.1) is 0 Å². The fraction of sp³-hybridized carbons (Fsp3) is 1.00. The predicted molar refractivity (Wildman–Crippen MR) is 63.4 cm³/mol. The van der Waals surface area contributed by atoms with Crippen molar-refractivity contribution in [2.24, 2.45) is 0 Å². The topological polar surface area (TPSA) is 47.5 Å². The van der Waals surface area contributed by atoms with Gasteiger partial charge in [-0.2, -0.15) is 0 Å². The molecule has 4 nitrogen and oxygen atoms in total. The third kappa shape index (κ3) is 2.56. The van der Waals surface area contributed by atoms with Gasteiger partial charge in [0.05, 0.1) is 6.10 Å². The van der Waals surface area contributed by atoms with E-state index in [9.17, 15) is 5.11 Å². The Morgan fingerprint density at radius 1 is 1.31 bits per heavy atom. The van der Waals surface area contributed by atoms with Gasteiger partial charge in [0.15, 0.2) is 0 Å². The zero-order chi connectivity index (χ0) is 11.0. The second-order valence-electron chi connectivity index (χ2n) is 5.61. The van der Waals surface area contributed by atoms with Gasteiger partial charge in [-0.25, -0.2) is 0 Å². The van der Waals surface area contributed by atoms with Crippen LogP contribution in [0, 0.1) is 0 Å². The van der Waals surface area contributed by atoms with E-state index in [2.05, 4.69) is 15.5 Å². The highest BCUT2D eigenvalue weighted by Crippen LogP contribution is 2.29. The normalized spacial score (nSPS) is 40.7. The second-order valence-corrected chi connectivity index (χ2v) is 5.61. The third-order valence-electron chi connectivity index (χ3n) is 4.13. The van der Waals surface area contributed by atoms with E-state index in [1.165, 1.54) is 32.4 Å². The van der Waals surface area contributed by atoms with Crippen molar-refractivity contribution >= 4 is 0 Å². The van der Waals surface area contributed by atoms with Gasteiger partial charge in [0, 0.05) is 44.3 Å². The van der Waals surface area contributed by atoms with Crippen LogP contribution in [0.1, 0.15) is 25.7 Å². The number of nitrogens with zero attached hydrogens (tertiary/aromatic N) is 1. The molecule has 0 bridgehead atoms. The Hall–Kier alpha value is -0.160. The van der Waals surface area contributed by atoms with Crippen molar-refractivity contribution in [3.63, 3.8) is 0 Å². The van der Waals surface area contributed by atoms with E-state index >= 15 is 0 Å². The molecule has 3 rings (SSSR count). The monoisotopic (exact) mass is 225 g/mol. The zero-order valence-electron chi connectivity index (χ0n) is 9.86. The molecule has 0 aromatic carbocycles. The Morgan fingerprint density at radius 2 is 2.19 bits per heavy atom. The van der Waals surface area contributed by atoms with Gasteiger partial charge >= 0.3 is 0 Å². The average molecular weight is 225 g/mol. The summed E-state index contributed by atoms with van der Waals surface area (Å²) in [4.78, 5) is 2.63. The van der Waals surface area contributed by atoms with Crippen LogP contribution in [0.2, 0.25) is 0 Å². The Balaban J connectivity index is 1.36. The molecule has 1 saturated carbocycles. The van der Waals surface area contributed by atoms with Crippen LogP contribution in [0.3, 0.4) is 0 Å². The quantitative estimate of drug-likeness (QED) is 0.606. The van der Waals surface area contributed by atoms with E-state index in [1.54, 1.807) is 0 Å². The number of rotatable bonds is 4. The van der Waals surface area contributed by atoms with Crippen LogP contribution in [0.5, 0.6) is 0 Å². The minimum Gasteiger partial charge on any atom is -0.392 e. The van der Waals surface area contributed by atoms with Gasteiger partial charge in [0.2, 0.25) is 0 Å². The summed E-state index contributed by atoms with van der Waals surface area (Å²) in [6.07, 6.45) is 4.92. The summed E-state index contributed by atoms with van der Waals surface area (Å²) in [5, 5.41) is 16.4. The lowest BCUT2D eigenvalue weighted by atomic mass is 10.2. The number of aliphatic hydroxyl groups is 1. The van der Waals surface area contributed by atoms with Crippen molar-refractivity contribution < 1.29 is 5.11 Å². The van der Waals surface area contributed by atoms with Crippen molar-refractivity contribution in [3.05, 3.63) is 0 Å². The number of hydrogen-bond acceptors (Lipinski definition) is 4. The Bertz CT molecular complexity index is 244. The van der Waals surface area contributed by atoms with E-state index < -0.39 is 0 Å². The van der Waals surface area contributed by atoms with E-state index in [1.807, 2.05) is 0 Å². The Labute approximate surface area is 97.4 Å². The number of hydrogen-bond donors (Lipinski definition) is 3. The van der Waals surface area contributed by atoms with E-state index in [-0.39, 0.29) is 6.10 Å². The molecule has 3 aliphatic rings. The number of β-amino-alcohol motifs (C(OH)–C–C–N with tert-alkyl or cyclic N) is 1. The molecule has 4 heteroatoms. The van der Waals surface area contributed by atoms with Crippen LogP contribution in [0.15, 0.2) is 0 Å². The van der Waals surface area contributed by atoms with Crippen molar-refractivity contribution in [3.8, 4) is 0 Å². The van der Waals surface area contributed by atoms with Crippen molar-refractivity contribution in [1.29, 1.82) is 0 Å². The molecule has 0 amide bonds. The maximum atomic E-state index is 9.42. The Kier molecular flexibility index (Phi) is 3.16. The van der Waals surface area contributed by atoms with E-state index in [4.69, 9.17) is 0 Å². The smallest absolute Gasteiger partial charge is 0.0680 e. The summed E-state index contributed by atoms with van der Waals surface area (Å²) in [5.41, 5.74) is 0. The predicted octanol–water partition coefficient (Wildman–Crippen LogP) is -0.464. The molecule has 2 aliphatic heterocycles. The molecule has 3 atom stereocenters. The lowest BCUT2D eigenvalue weighted by Gasteiger charge is -2.18. The molecule has 1 aliphatic carbocycles. The van der Waals surface area contributed by atoms with Crippen molar-refractivity contribution in [2.75, 3.05) is 26.2 Å². The molecule has 0 aromatic rings. The molecule has 2 heterocycles. The summed E-state index contributed by atoms with van der Waals surface area (Å²) in [5.74, 6) is 0.